The molecule has 1 aliphatic heterocycles. The maximum absolute atomic E-state index is 8.66. The SMILES string of the molecule is C#CC(C)(C)N1CC=C(C#N)CC1. The third kappa shape index (κ3) is 2.11. The Labute approximate surface area is 79.8 Å². The lowest BCUT2D eigenvalue weighted by Crippen LogP contribution is -2.44. The molecule has 0 radical (unpaired) electrons. The van der Waals surface area contributed by atoms with Gasteiger partial charge in [0.25, 0.3) is 0 Å². The van der Waals surface area contributed by atoms with Crippen molar-refractivity contribution in [1.82, 2.24) is 4.90 Å². The monoisotopic (exact) mass is 174 g/mol. The van der Waals surface area contributed by atoms with Crippen LogP contribution in [0.15, 0.2) is 11.6 Å². The smallest absolute Gasteiger partial charge is 0.0944 e. The van der Waals surface area contributed by atoms with Gasteiger partial charge in [0.05, 0.1) is 11.6 Å². The molecule has 2 nitrogen and oxygen atoms in total. The molecule has 0 atom stereocenters. The maximum Gasteiger partial charge on any atom is 0.0944 e. The van der Waals surface area contributed by atoms with Gasteiger partial charge < -0.3 is 0 Å². The van der Waals surface area contributed by atoms with Gasteiger partial charge in [0.15, 0.2) is 0 Å². The number of hydrogen-bond donors (Lipinski definition) is 0. The fraction of sp³-hybridized carbons (Fsp3) is 0.545. The van der Waals surface area contributed by atoms with Gasteiger partial charge in [0.2, 0.25) is 0 Å². The van der Waals surface area contributed by atoms with Crippen LogP contribution in [0.4, 0.5) is 0 Å². The number of hydrogen-bond acceptors (Lipinski definition) is 2. The summed E-state index contributed by atoms with van der Waals surface area (Å²) in [6, 6.07) is 2.18. The molecule has 1 heterocycles. The molecular weight excluding hydrogens is 160 g/mol. The summed E-state index contributed by atoms with van der Waals surface area (Å²) in [6.07, 6.45) is 8.21. The molecule has 13 heavy (non-hydrogen) atoms. The first kappa shape index (κ1) is 9.84. The molecule has 0 aromatic carbocycles. The van der Waals surface area contributed by atoms with Crippen molar-refractivity contribution in [3.63, 3.8) is 0 Å². The Hall–Kier alpha value is -1.25. The first-order valence-electron chi connectivity index (χ1n) is 4.42. The van der Waals surface area contributed by atoms with E-state index in [2.05, 4.69) is 16.9 Å². The van der Waals surface area contributed by atoms with E-state index in [9.17, 15) is 0 Å². The molecule has 0 bridgehead atoms. The second-order valence-electron chi connectivity index (χ2n) is 3.74. The van der Waals surface area contributed by atoms with Crippen LogP contribution in [0.2, 0.25) is 0 Å². The highest BCUT2D eigenvalue weighted by Gasteiger charge is 2.25. The van der Waals surface area contributed by atoms with E-state index in [0.717, 1.165) is 25.1 Å². The molecule has 0 amide bonds. The van der Waals surface area contributed by atoms with Crippen molar-refractivity contribution in [2.75, 3.05) is 13.1 Å². The molecule has 68 valence electrons. The van der Waals surface area contributed by atoms with Gasteiger partial charge in [-0.3, -0.25) is 4.90 Å². The third-order valence-electron chi connectivity index (χ3n) is 2.50. The van der Waals surface area contributed by atoms with Gasteiger partial charge in [-0.25, -0.2) is 0 Å². The number of terminal acetylenes is 1. The van der Waals surface area contributed by atoms with Crippen LogP contribution in [0.3, 0.4) is 0 Å². The van der Waals surface area contributed by atoms with Crippen LogP contribution in [0.5, 0.6) is 0 Å². The van der Waals surface area contributed by atoms with E-state index >= 15 is 0 Å². The molecule has 0 fully saturated rings. The Balaban J connectivity index is 2.68. The molecule has 0 saturated heterocycles. The number of nitrogens with zero attached hydrogens (tertiary/aromatic N) is 2. The van der Waals surface area contributed by atoms with E-state index in [1.807, 2.05) is 19.9 Å². The Morgan fingerprint density at radius 2 is 2.31 bits per heavy atom. The Kier molecular flexibility index (Phi) is 2.76. The minimum Gasteiger partial charge on any atom is -0.284 e. The lowest BCUT2D eigenvalue weighted by atomic mass is 10.00. The minimum atomic E-state index is -0.197. The second-order valence-corrected chi connectivity index (χ2v) is 3.74. The Morgan fingerprint density at radius 3 is 2.69 bits per heavy atom. The Morgan fingerprint density at radius 1 is 1.62 bits per heavy atom. The van der Waals surface area contributed by atoms with Crippen LogP contribution in [-0.2, 0) is 0 Å². The average Bonchev–Trinajstić information content (AvgIpc) is 2.18. The fourth-order valence-corrected chi connectivity index (χ4v) is 1.37. The lowest BCUT2D eigenvalue weighted by molar-refractivity contribution is 0.185. The summed E-state index contributed by atoms with van der Waals surface area (Å²) in [5, 5.41) is 8.66. The quantitative estimate of drug-likeness (QED) is 0.564. The van der Waals surface area contributed by atoms with E-state index < -0.39 is 0 Å². The zero-order valence-electron chi connectivity index (χ0n) is 8.17. The lowest BCUT2D eigenvalue weighted by Gasteiger charge is -2.35. The molecule has 0 spiro atoms. The van der Waals surface area contributed by atoms with Crippen molar-refractivity contribution >= 4 is 0 Å². The molecule has 1 rings (SSSR count). The molecule has 0 aromatic heterocycles. The molecule has 0 aromatic rings. The molecule has 0 unspecified atom stereocenters. The van der Waals surface area contributed by atoms with E-state index in [0.29, 0.717) is 0 Å². The van der Waals surface area contributed by atoms with Gasteiger partial charge in [-0.2, -0.15) is 5.26 Å². The van der Waals surface area contributed by atoms with Crippen LogP contribution in [0, 0.1) is 23.7 Å². The highest BCUT2D eigenvalue weighted by atomic mass is 15.2. The van der Waals surface area contributed by atoms with Crippen molar-refractivity contribution in [2.24, 2.45) is 0 Å². The summed E-state index contributed by atoms with van der Waals surface area (Å²) in [7, 11) is 0. The zero-order valence-corrected chi connectivity index (χ0v) is 8.17. The zero-order chi connectivity index (χ0) is 9.90. The summed E-state index contributed by atoms with van der Waals surface area (Å²) < 4.78 is 0. The first-order chi connectivity index (χ1) is 6.10. The van der Waals surface area contributed by atoms with Crippen molar-refractivity contribution in [3.8, 4) is 18.4 Å². The van der Waals surface area contributed by atoms with E-state index in [4.69, 9.17) is 11.7 Å². The molecular formula is C11H14N2. The van der Waals surface area contributed by atoms with Crippen molar-refractivity contribution in [2.45, 2.75) is 25.8 Å². The fourth-order valence-electron chi connectivity index (χ4n) is 1.37. The number of nitriles is 1. The summed E-state index contributed by atoms with van der Waals surface area (Å²) >= 11 is 0. The summed E-state index contributed by atoms with van der Waals surface area (Å²) in [5.41, 5.74) is 0.682. The minimum absolute atomic E-state index is 0.197. The van der Waals surface area contributed by atoms with Crippen LogP contribution in [0.25, 0.3) is 0 Å². The maximum atomic E-state index is 8.66. The first-order valence-corrected chi connectivity index (χ1v) is 4.42. The Bertz CT molecular complexity index is 299. The topological polar surface area (TPSA) is 27.0 Å². The summed E-state index contributed by atoms with van der Waals surface area (Å²) in [5.74, 6) is 2.76. The highest BCUT2D eigenvalue weighted by molar-refractivity contribution is 5.24. The summed E-state index contributed by atoms with van der Waals surface area (Å²) in [4.78, 5) is 2.20. The van der Waals surface area contributed by atoms with Gasteiger partial charge in [-0.1, -0.05) is 12.0 Å². The second kappa shape index (κ2) is 3.64. The molecule has 0 aliphatic carbocycles. The molecule has 0 saturated carbocycles. The van der Waals surface area contributed by atoms with Gasteiger partial charge >= 0.3 is 0 Å². The van der Waals surface area contributed by atoms with Crippen LogP contribution in [0.1, 0.15) is 20.3 Å². The average molecular weight is 174 g/mol. The van der Waals surface area contributed by atoms with Crippen molar-refractivity contribution in [1.29, 1.82) is 5.26 Å². The highest BCUT2D eigenvalue weighted by Crippen LogP contribution is 2.19. The number of rotatable bonds is 1. The van der Waals surface area contributed by atoms with Gasteiger partial charge in [-0.15, -0.1) is 6.42 Å². The van der Waals surface area contributed by atoms with E-state index in [1.54, 1.807) is 0 Å². The van der Waals surface area contributed by atoms with Gasteiger partial charge in [0, 0.05) is 18.7 Å². The predicted molar refractivity (Wildman–Crippen MR) is 52.8 cm³/mol. The van der Waals surface area contributed by atoms with Gasteiger partial charge in [0.1, 0.15) is 0 Å². The van der Waals surface area contributed by atoms with E-state index in [-0.39, 0.29) is 5.54 Å². The van der Waals surface area contributed by atoms with Crippen LogP contribution in [-0.4, -0.2) is 23.5 Å². The van der Waals surface area contributed by atoms with Crippen LogP contribution >= 0.6 is 0 Å². The van der Waals surface area contributed by atoms with Crippen LogP contribution < -0.4 is 0 Å². The summed E-state index contributed by atoms with van der Waals surface area (Å²) in [6.45, 7) is 5.73. The largest absolute Gasteiger partial charge is 0.284 e. The van der Waals surface area contributed by atoms with Crippen molar-refractivity contribution < 1.29 is 0 Å². The standard InChI is InChI=1S/C11H14N2/c1-4-11(2,3)13-7-5-10(9-12)6-8-13/h1,5H,6-8H2,2-3H3. The molecule has 2 heteroatoms. The normalized spacial score (nSPS) is 18.6. The third-order valence-corrected chi connectivity index (χ3v) is 2.50. The van der Waals surface area contributed by atoms with E-state index in [1.165, 1.54) is 0 Å². The molecule has 0 N–H and O–H groups in total. The molecule has 1 aliphatic rings. The van der Waals surface area contributed by atoms with Gasteiger partial charge in [-0.05, 0) is 20.3 Å². The van der Waals surface area contributed by atoms with Crippen molar-refractivity contribution in [3.05, 3.63) is 11.6 Å². The predicted octanol–water partition coefficient (Wildman–Crippen LogP) is 1.55.